The van der Waals surface area contributed by atoms with Crippen LogP contribution in [-0.2, 0) is 11.3 Å². The van der Waals surface area contributed by atoms with Crippen LogP contribution in [0.5, 0.6) is 0 Å². The highest BCUT2D eigenvalue weighted by Crippen LogP contribution is 2.18. The van der Waals surface area contributed by atoms with Gasteiger partial charge in [-0.05, 0) is 30.5 Å². The zero-order valence-corrected chi connectivity index (χ0v) is 15.1. The van der Waals surface area contributed by atoms with Gasteiger partial charge in [-0.25, -0.2) is 4.79 Å². The summed E-state index contributed by atoms with van der Waals surface area (Å²) in [6.45, 7) is 3.70. The highest BCUT2D eigenvalue weighted by molar-refractivity contribution is 9.10. The van der Waals surface area contributed by atoms with Crippen molar-refractivity contribution < 1.29 is 9.59 Å². The molecule has 2 saturated heterocycles. The van der Waals surface area contributed by atoms with E-state index in [1.807, 2.05) is 24.3 Å². The van der Waals surface area contributed by atoms with Gasteiger partial charge in [-0.1, -0.05) is 28.1 Å². The number of hydrogen-bond donors (Lipinski definition) is 3. The van der Waals surface area contributed by atoms with Crippen LogP contribution in [0.3, 0.4) is 0 Å². The number of rotatable bonds is 5. The molecule has 2 fully saturated rings. The molecule has 2 aliphatic heterocycles. The molecule has 1 aromatic carbocycles. The fraction of sp³-hybridized carbons (Fsp3) is 0.529. The summed E-state index contributed by atoms with van der Waals surface area (Å²) in [6.07, 6.45) is 1.60. The van der Waals surface area contributed by atoms with Crippen LogP contribution in [0.2, 0.25) is 0 Å². The van der Waals surface area contributed by atoms with Gasteiger partial charge in [0.25, 0.3) is 0 Å². The standard InChI is InChI=1S/C17H23BrN4O2/c18-14-4-1-3-12(7-14)10-21-17(24)22-6-2-5-15(22)16(23)20-11-13-8-19-9-13/h1,3-4,7,13,15,19H,2,5-6,8-11H2,(H,20,23)(H,21,24)/t15-/m0/s1. The SMILES string of the molecule is O=C(NCC1CNC1)[C@@H]1CCCN1C(=O)NCc1cccc(Br)c1. The van der Waals surface area contributed by atoms with E-state index in [1.165, 1.54) is 0 Å². The molecule has 0 bridgehead atoms. The molecule has 0 unspecified atom stereocenters. The third kappa shape index (κ3) is 4.27. The zero-order chi connectivity index (χ0) is 16.9. The number of likely N-dealkylation sites (tertiary alicyclic amines) is 1. The largest absolute Gasteiger partial charge is 0.354 e. The van der Waals surface area contributed by atoms with Crippen molar-refractivity contribution in [2.75, 3.05) is 26.2 Å². The smallest absolute Gasteiger partial charge is 0.318 e. The molecule has 0 spiro atoms. The van der Waals surface area contributed by atoms with E-state index in [0.717, 1.165) is 36.0 Å². The molecule has 3 amide bonds. The highest BCUT2D eigenvalue weighted by Gasteiger charge is 2.34. The molecule has 130 valence electrons. The van der Waals surface area contributed by atoms with E-state index in [0.29, 0.717) is 25.6 Å². The summed E-state index contributed by atoms with van der Waals surface area (Å²) in [6, 6.07) is 7.31. The Morgan fingerprint density at radius 2 is 2.12 bits per heavy atom. The Morgan fingerprint density at radius 3 is 2.83 bits per heavy atom. The summed E-state index contributed by atoms with van der Waals surface area (Å²) >= 11 is 3.42. The lowest BCUT2D eigenvalue weighted by Gasteiger charge is -2.29. The lowest BCUT2D eigenvalue weighted by atomic mass is 10.0. The minimum Gasteiger partial charge on any atom is -0.354 e. The molecule has 7 heteroatoms. The van der Waals surface area contributed by atoms with Crippen molar-refractivity contribution >= 4 is 27.9 Å². The maximum atomic E-state index is 12.4. The van der Waals surface area contributed by atoms with Crippen LogP contribution >= 0.6 is 15.9 Å². The highest BCUT2D eigenvalue weighted by atomic mass is 79.9. The molecule has 2 aliphatic rings. The molecule has 3 rings (SSSR count). The minimum absolute atomic E-state index is 0.0306. The fourth-order valence-electron chi connectivity index (χ4n) is 3.06. The lowest BCUT2D eigenvalue weighted by Crippen LogP contribution is -2.53. The minimum atomic E-state index is -0.347. The first-order valence-electron chi connectivity index (χ1n) is 8.41. The van der Waals surface area contributed by atoms with Gasteiger partial charge in [-0.2, -0.15) is 0 Å². The third-order valence-electron chi connectivity index (χ3n) is 4.58. The van der Waals surface area contributed by atoms with Crippen LogP contribution < -0.4 is 16.0 Å². The Bertz CT molecular complexity index is 606. The van der Waals surface area contributed by atoms with Crippen LogP contribution in [-0.4, -0.2) is 49.1 Å². The van der Waals surface area contributed by atoms with Crippen molar-refractivity contribution in [3.05, 3.63) is 34.3 Å². The molecular weight excluding hydrogens is 372 g/mol. The molecule has 0 aliphatic carbocycles. The number of benzene rings is 1. The molecule has 0 aromatic heterocycles. The van der Waals surface area contributed by atoms with Gasteiger partial charge in [0.05, 0.1) is 0 Å². The molecule has 2 heterocycles. The number of nitrogens with zero attached hydrogens (tertiary/aromatic N) is 1. The van der Waals surface area contributed by atoms with Gasteiger partial charge in [-0.15, -0.1) is 0 Å². The van der Waals surface area contributed by atoms with Gasteiger partial charge in [0, 0.05) is 43.1 Å². The second kappa shape index (κ2) is 7.98. The predicted octanol–water partition coefficient (Wildman–Crippen LogP) is 1.46. The summed E-state index contributed by atoms with van der Waals surface area (Å²) in [5, 5.41) is 9.09. The summed E-state index contributed by atoms with van der Waals surface area (Å²) in [5.41, 5.74) is 1.02. The number of halogens is 1. The number of amides is 3. The van der Waals surface area contributed by atoms with Crippen LogP contribution in [0.4, 0.5) is 4.79 Å². The van der Waals surface area contributed by atoms with E-state index >= 15 is 0 Å². The number of carbonyl (C=O) groups excluding carboxylic acids is 2. The summed E-state index contributed by atoms with van der Waals surface area (Å²) in [7, 11) is 0. The van der Waals surface area contributed by atoms with Crippen LogP contribution in [0.15, 0.2) is 28.7 Å². The Labute approximate surface area is 150 Å². The molecule has 6 nitrogen and oxygen atoms in total. The predicted molar refractivity (Wildman–Crippen MR) is 95.5 cm³/mol. The molecular formula is C17H23BrN4O2. The summed E-state index contributed by atoms with van der Waals surface area (Å²) in [5.74, 6) is 0.492. The van der Waals surface area contributed by atoms with Gasteiger partial charge < -0.3 is 20.9 Å². The van der Waals surface area contributed by atoms with Crippen LogP contribution in [0, 0.1) is 5.92 Å². The maximum absolute atomic E-state index is 12.4. The first kappa shape index (κ1) is 17.2. The number of carbonyl (C=O) groups is 2. The van der Waals surface area contributed by atoms with Gasteiger partial charge in [0.2, 0.25) is 5.91 Å². The van der Waals surface area contributed by atoms with Crippen LogP contribution in [0.1, 0.15) is 18.4 Å². The first-order chi connectivity index (χ1) is 11.6. The van der Waals surface area contributed by atoms with E-state index in [1.54, 1.807) is 4.90 Å². The van der Waals surface area contributed by atoms with Gasteiger partial charge in [0.1, 0.15) is 6.04 Å². The Kier molecular flexibility index (Phi) is 5.73. The molecule has 3 N–H and O–H groups in total. The second-order valence-corrected chi connectivity index (χ2v) is 7.33. The Morgan fingerprint density at radius 1 is 1.29 bits per heavy atom. The lowest BCUT2D eigenvalue weighted by molar-refractivity contribution is -0.125. The Hall–Kier alpha value is -1.60. The fourth-order valence-corrected chi connectivity index (χ4v) is 3.51. The number of nitrogens with one attached hydrogen (secondary N) is 3. The average molecular weight is 395 g/mol. The molecule has 0 saturated carbocycles. The van der Waals surface area contributed by atoms with Crippen molar-refractivity contribution in [3.8, 4) is 0 Å². The topological polar surface area (TPSA) is 73.5 Å². The molecule has 0 radical (unpaired) electrons. The van der Waals surface area contributed by atoms with Crippen molar-refractivity contribution in [3.63, 3.8) is 0 Å². The van der Waals surface area contributed by atoms with Gasteiger partial charge in [-0.3, -0.25) is 4.79 Å². The Balaban J connectivity index is 1.50. The van der Waals surface area contributed by atoms with E-state index in [-0.39, 0.29) is 18.0 Å². The molecule has 1 aromatic rings. The van der Waals surface area contributed by atoms with E-state index in [4.69, 9.17) is 0 Å². The zero-order valence-electron chi connectivity index (χ0n) is 13.6. The third-order valence-corrected chi connectivity index (χ3v) is 5.07. The van der Waals surface area contributed by atoms with Crippen molar-refractivity contribution in [2.24, 2.45) is 5.92 Å². The number of hydrogen-bond acceptors (Lipinski definition) is 3. The monoisotopic (exact) mass is 394 g/mol. The summed E-state index contributed by atoms with van der Waals surface area (Å²) < 4.78 is 0.984. The van der Waals surface area contributed by atoms with Gasteiger partial charge >= 0.3 is 6.03 Å². The normalized spacial score (nSPS) is 20.5. The number of urea groups is 1. The van der Waals surface area contributed by atoms with Crippen molar-refractivity contribution in [1.82, 2.24) is 20.9 Å². The maximum Gasteiger partial charge on any atom is 0.318 e. The van der Waals surface area contributed by atoms with Crippen LogP contribution in [0.25, 0.3) is 0 Å². The molecule has 1 atom stereocenters. The average Bonchev–Trinajstić information content (AvgIpc) is 3.01. The first-order valence-corrected chi connectivity index (χ1v) is 9.20. The van der Waals surface area contributed by atoms with E-state index < -0.39 is 0 Å². The second-order valence-electron chi connectivity index (χ2n) is 6.41. The van der Waals surface area contributed by atoms with E-state index in [2.05, 4.69) is 31.9 Å². The molecule has 24 heavy (non-hydrogen) atoms. The summed E-state index contributed by atoms with van der Waals surface area (Å²) in [4.78, 5) is 26.5. The quantitative estimate of drug-likeness (QED) is 0.707. The van der Waals surface area contributed by atoms with Crippen molar-refractivity contribution in [2.45, 2.75) is 25.4 Å². The van der Waals surface area contributed by atoms with Crippen molar-refractivity contribution in [1.29, 1.82) is 0 Å². The van der Waals surface area contributed by atoms with E-state index in [9.17, 15) is 9.59 Å². The van der Waals surface area contributed by atoms with Gasteiger partial charge in [0.15, 0.2) is 0 Å².